The third-order valence-electron chi connectivity index (χ3n) is 1.77. The smallest absolute Gasteiger partial charge is 0.212 e. The largest absolute Gasteiger partial charge is 0.275 e. The second-order valence-corrected chi connectivity index (χ2v) is 5.71. The molecule has 0 saturated carbocycles. The van der Waals surface area contributed by atoms with E-state index < -0.39 is 34.3 Å². The third-order valence-corrected chi connectivity index (χ3v) is 3.94. The molecule has 72 valence electrons. The first-order chi connectivity index (χ1) is 5.26. The Labute approximate surface area is 70.4 Å². The lowest BCUT2D eigenvalue weighted by molar-refractivity contribution is -0.0947. The molecular formula is C6H11F2NO2S. The summed E-state index contributed by atoms with van der Waals surface area (Å²) in [6.07, 6.45) is 0. The molecule has 1 rings (SSSR count). The lowest BCUT2D eigenvalue weighted by Gasteiger charge is -2.38. The van der Waals surface area contributed by atoms with Gasteiger partial charge in [-0.25, -0.2) is 17.2 Å². The summed E-state index contributed by atoms with van der Waals surface area (Å²) in [6, 6.07) is 0. The molecule has 0 N–H and O–H groups in total. The van der Waals surface area contributed by atoms with E-state index in [1.807, 2.05) is 0 Å². The van der Waals surface area contributed by atoms with Gasteiger partial charge in [0.15, 0.2) is 0 Å². The topological polar surface area (TPSA) is 37.4 Å². The first-order valence-corrected chi connectivity index (χ1v) is 5.13. The average Bonchev–Trinajstić information content (AvgIpc) is 1.82. The molecule has 0 bridgehead atoms. The summed E-state index contributed by atoms with van der Waals surface area (Å²) in [4.78, 5) is 0. The van der Waals surface area contributed by atoms with E-state index in [4.69, 9.17) is 0 Å². The monoisotopic (exact) mass is 199 g/mol. The normalized spacial score (nSPS) is 24.1. The van der Waals surface area contributed by atoms with E-state index in [2.05, 4.69) is 0 Å². The number of alkyl halides is 2. The molecule has 1 saturated heterocycles. The number of rotatable bonds is 2. The molecule has 0 spiro atoms. The Balaban J connectivity index is 2.65. The highest BCUT2D eigenvalue weighted by Gasteiger charge is 2.49. The molecule has 0 radical (unpaired) electrons. The van der Waals surface area contributed by atoms with E-state index in [-0.39, 0.29) is 0 Å². The molecule has 6 heteroatoms. The molecule has 0 aliphatic carbocycles. The first kappa shape index (κ1) is 9.85. The summed E-state index contributed by atoms with van der Waals surface area (Å²) < 4.78 is 47.8. The molecule has 1 fully saturated rings. The molecule has 0 atom stereocenters. The van der Waals surface area contributed by atoms with Crippen LogP contribution in [0.25, 0.3) is 0 Å². The molecule has 0 aromatic heterocycles. The maximum atomic E-state index is 12.3. The van der Waals surface area contributed by atoms with Crippen LogP contribution in [0.15, 0.2) is 0 Å². The zero-order valence-corrected chi connectivity index (χ0v) is 7.74. The van der Waals surface area contributed by atoms with E-state index >= 15 is 0 Å². The Kier molecular flexibility index (Phi) is 2.16. The minimum atomic E-state index is -3.46. The average molecular weight is 199 g/mol. The van der Waals surface area contributed by atoms with Gasteiger partial charge in [-0.1, -0.05) is 0 Å². The van der Waals surface area contributed by atoms with Gasteiger partial charge in [-0.15, -0.1) is 0 Å². The van der Waals surface area contributed by atoms with Crippen molar-refractivity contribution >= 4 is 10.0 Å². The standard InChI is InChI=1S/C6H11F2NO2S/c1-5(2)12(10,11)9-3-6(7,8)4-9/h5H,3-4H2,1-2H3. The van der Waals surface area contributed by atoms with Crippen LogP contribution in [0.5, 0.6) is 0 Å². The van der Waals surface area contributed by atoms with Crippen LogP contribution in [0.4, 0.5) is 8.78 Å². The number of sulfonamides is 1. The van der Waals surface area contributed by atoms with Crippen LogP contribution in [-0.2, 0) is 10.0 Å². The van der Waals surface area contributed by atoms with Crippen LogP contribution >= 0.6 is 0 Å². The van der Waals surface area contributed by atoms with Gasteiger partial charge < -0.3 is 0 Å². The molecule has 0 unspecified atom stereocenters. The minimum Gasteiger partial charge on any atom is -0.212 e. The van der Waals surface area contributed by atoms with Crippen molar-refractivity contribution in [2.45, 2.75) is 25.0 Å². The molecule has 3 nitrogen and oxygen atoms in total. The van der Waals surface area contributed by atoms with Crippen LogP contribution in [0, 0.1) is 0 Å². The van der Waals surface area contributed by atoms with Crippen molar-refractivity contribution < 1.29 is 17.2 Å². The fourth-order valence-electron chi connectivity index (χ4n) is 0.948. The van der Waals surface area contributed by atoms with E-state index in [9.17, 15) is 17.2 Å². The summed E-state index contributed by atoms with van der Waals surface area (Å²) in [5.41, 5.74) is 0. The van der Waals surface area contributed by atoms with Crippen molar-refractivity contribution in [1.82, 2.24) is 4.31 Å². The molecular weight excluding hydrogens is 188 g/mol. The zero-order chi connectivity index (χ0) is 9.57. The fourth-order valence-corrected chi connectivity index (χ4v) is 2.28. The highest BCUT2D eigenvalue weighted by Crippen LogP contribution is 2.30. The van der Waals surface area contributed by atoms with Crippen molar-refractivity contribution in [2.24, 2.45) is 0 Å². The number of nitrogens with zero attached hydrogens (tertiary/aromatic N) is 1. The van der Waals surface area contributed by atoms with Crippen LogP contribution in [-0.4, -0.2) is 37.0 Å². The number of halogens is 2. The third kappa shape index (κ3) is 1.59. The molecule has 0 aromatic rings. The van der Waals surface area contributed by atoms with Gasteiger partial charge in [0.25, 0.3) is 5.92 Å². The molecule has 0 aromatic carbocycles. The summed E-state index contributed by atoms with van der Waals surface area (Å²) in [5, 5.41) is -0.617. The summed E-state index contributed by atoms with van der Waals surface area (Å²) in [7, 11) is -3.46. The number of hydrogen-bond acceptors (Lipinski definition) is 2. The first-order valence-electron chi connectivity index (χ1n) is 3.62. The van der Waals surface area contributed by atoms with Crippen LogP contribution in [0.2, 0.25) is 0 Å². The van der Waals surface area contributed by atoms with E-state index in [1.165, 1.54) is 13.8 Å². The van der Waals surface area contributed by atoms with Gasteiger partial charge in [-0.3, -0.25) is 0 Å². The highest BCUT2D eigenvalue weighted by molar-refractivity contribution is 7.89. The van der Waals surface area contributed by atoms with Gasteiger partial charge in [0.1, 0.15) is 0 Å². The predicted octanol–water partition coefficient (Wildman–Crippen LogP) is 0.675. The zero-order valence-electron chi connectivity index (χ0n) is 6.92. The lowest BCUT2D eigenvalue weighted by atomic mass is 10.2. The SMILES string of the molecule is CC(C)S(=O)(=O)N1CC(F)(F)C1. The Bertz CT molecular complexity index is 265. The summed E-state index contributed by atoms with van der Waals surface area (Å²) in [6.45, 7) is 1.64. The molecule has 1 heterocycles. The van der Waals surface area contributed by atoms with Gasteiger partial charge in [-0.05, 0) is 13.8 Å². The van der Waals surface area contributed by atoms with E-state index in [0.717, 1.165) is 4.31 Å². The van der Waals surface area contributed by atoms with Crippen LogP contribution < -0.4 is 0 Å². The van der Waals surface area contributed by atoms with Gasteiger partial charge >= 0.3 is 0 Å². The van der Waals surface area contributed by atoms with Crippen molar-refractivity contribution in [3.05, 3.63) is 0 Å². The van der Waals surface area contributed by atoms with Crippen molar-refractivity contribution in [2.75, 3.05) is 13.1 Å². The van der Waals surface area contributed by atoms with Crippen LogP contribution in [0.3, 0.4) is 0 Å². The van der Waals surface area contributed by atoms with E-state index in [0.29, 0.717) is 0 Å². The Morgan fingerprint density at radius 1 is 1.33 bits per heavy atom. The predicted molar refractivity (Wildman–Crippen MR) is 40.6 cm³/mol. The van der Waals surface area contributed by atoms with E-state index in [1.54, 1.807) is 0 Å². The minimum absolute atomic E-state index is 0.617. The highest BCUT2D eigenvalue weighted by atomic mass is 32.2. The van der Waals surface area contributed by atoms with Gasteiger partial charge in [0.2, 0.25) is 10.0 Å². The quantitative estimate of drug-likeness (QED) is 0.655. The molecule has 1 aliphatic heterocycles. The summed E-state index contributed by atoms with van der Waals surface area (Å²) >= 11 is 0. The van der Waals surface area contributed by atoms with Crippen molar-refractivity contribution in [1.29, 1.82) is 0 Å². The Morgan fingerprint density at radius 3 is 2.00 bits per heavy atom. The Hall–Kier alpha value is -0.230. The van der Waals surface area contributed by atoms with Gasteiger partial charge in [0.05, 0.1) is 18.3 Å². The summed E-state index contributed by atoms with van der Waals surface area (Å²) in [5.74, 6) is -2.82. The van der Waals surface area contributed by atoms with Crippen molar-refractivity contribution in [3.8, 4) is 0 Å². The molecule has 1 aliphatic rings. The van der Waals surface area contributed by atoms with Gasteiger partial charge in [0, 0.05) is 0 Å². The molecule has 0 amide bonds. The van der Waals surface area contributed by atoms with Crippen molar-refractivity contribution in [3.63, 3.8) is 0 Å². The van der Waals surface area contributed by atoms with Gasteiger partial charge in [-0.2, -0.15) is 4.31 Å². The number of hydrogen-bond donors (Lipinski definition) is 0. The molecule has 12 heavy (non-hydrogen) atoms. The maximum Gasteiger partial charge on any atom is 0.275 e. The lowest BCUT2D eigenvalue weighted by Crippen LogP contribution is -2.59. The fraction of sp³-hybridized carbons (Fsp3) is 1.00. The van der Waals surface area contributed by atoms with Crippen LogP contribution in [0.1, 0.15) is 13.8 Å². The maximum absolute atomic E-state index is 12.3. The Morgan fingerprint density at radius 2 is 1.75 bits per heavy atom. The second kappa shape index (κ2) is 2.63. The second-order valence-electron chi connectivity index (χ2n) is 3.22.